The molecule has 0 bridgehead atoms. The number of aromatic nitrogens is 2. The second kappa shape index (κ2) is 8.05. The third-order valence-corrected chi connectivity index (χ3v) is 5.12. The lowest BCUT2D eigenvalue weighted by Crippen LogP contribution is -2.09. The van der Waals surface area contributed by atoms with Crippen molar-refractivity contribution in [3.8, 4) is 5.75 Å². The zero-order valence-corrected chi connectivity index (χ0v) is 15.9. The van der Waals surface area contributed by atoms with Crippen LogP contribution in [0.25, 0.3) is 10.2 Å². The van der Waals surface area contributed by atoms with Crippen LogP contribution in [-0.4, -0.2) is 29.4 Å². The summed E-state index contributed by atoms with van der Waals surface area (Å²) in [5, 5.41) is 6.01. The molecule has 2 heterocycles. The van der Waals surface area contributed by atoms with Gasteiger partial charge in [-0.3, -0.25) is 0 Å². The van der Waals surface area contributed by atoms with Crippen molar-refractivity contribution in [1.82, 2.24) is 9.97 Å². The molecule has 0 amide bonds. The summed E-state index contributed by atoms with van der Waals surface area (Å²) in [6, 6.07) is 9.55. The van der Waals surface area contributed by atoms with Gasteiger partial charge in [0.1, 0.15) is 16.4 Å². The van der Waals surface area contributed by atoms with Crippen LogP contribution in [0.5, 0.6) is 5.75 Å². The van der Waals surface area contributed by atoms with Gasteiger partial charge < -0.3 is 10.1 Å². The molecular weight excluding hydrogens is 362 g/mol. The van der Waals surface area contributed by atoms with Crippen molar-refractivity contribution in [2.75, 3.05) is 24.7 Å². The lowest BCUT2D eigenvalue weighted by molar-refractivity contribution is 0.315. The van der Waals surface area contributed by atoms with Crippen molar-refractivity contribution in [2.45, 2.75) is 18.5 Å². The number of aryl methyl sites for hydroxylation is 1. The number of nitrogens with zero attached hydrogens (tertiary/aromatic N) is 2. The summed E-state index contributed by atoms with van der Waals surface area (Å²) in [5.41, 5.74) is 0. The van der Waals surface area contributed by atoms with E-state index in [4.69, 9.17) is 16.3 Å². The van der Waals surface area contributed by atoms with Gasteiger partial charge in [-0.25, -0.2) is 9.97 Å². The van der Waals surface area contributed by atoms with Gasteiger partial charge in [0.25, 0.3) is 0 Å². The van der Waals surface area contributed by atoms with Gasteiger partial charge in [0.2, 0.25) is 0 Å². The molecule has 0 unspecified atom stereocenters. The summed E-state index contributed by atoms with van der Waals surface area (Å²) >= 11 is 9.12. The average Bonchev–Trinajstić information content (AvgIpc) is 2.96. The summed E-state index contributed by atoms with van der Waals surface area (Å²) in [6.07, 6.45) is 2.87. The number of ether oxygens (including phenoxy) is 1. The van der Waals surface area contributed by atoms with Crippen LogP contribution < -0.4 is 10.1 Å². The molecular formula is C17H18ClN3OS2. The first-order valence-corrected chi connectivity index (χ1v) is 10.0. The molecule has 3 rings (SSSR count). The first-order valence-electron chi connectivity index (χ1n) is 7.60. The first kappa shape index (κ1) is 17.3. The van der Waals surface area contributed by atoms with E-state index in [0.717, 1.165) is 39.9 Å². The molecule has 0 fully saturated rings. The third kappa shape index (κ3) is 4.32. The molecule has 0 saturated carbocycles. The van der Waals surface area contributed by atoms with Crippen LogP contribution in [0.2, 0.25) is 5.02 Å². The highest BCUT2D eigenvalue weighted by Crippen LogP contribution is 2.30. The fraction of sp³-hybridized carbons (Fsp3) is 0.294. The number of fused-ring (bicyclic) bond motifs is 1. The molecule has 7 heteroatoms. The van der Waals surface area contributed by atoms with E-state index in [1.165, 1.54) is 4.88 Å². The SMILES string of the molecule is CSc1nc(NCCCOc2ccc(Cl)cc2)c2cc(C)sc2n1. The van der Waals surface area contributed by atoms with Gasteiger partial charge in [-0.2, -0.15) is 0 Å². The Balaban J connectivity index is 1.56. The van der Waals surface area contributed by atoms with E-state index in [2.05, 4.69) is 28.3 Å². The van der Waals surface area contributed by atoms with Gasteiger partial charge in [-0.05, 0) is 49.9 Å². The molecule has 0 saturated heterocycles. The molecule has 2 aromatic heterocycles. The minimum atomic E-state index is 0.640. The number of benzene rings is 1. The number of thioether (sulfide) groups is 1. The first-order chi connectivity index (χ1) is 11.7. The number of rotatable bonds is 7. The van der Waals surface area contributed by atoms with E-state index < -0.39 is 0 Å². The Morgan fingerprint density at radius 3 is 2.79 bits per heavy atom. The maximum Gasteiger partial charge on any atom is 0.190 e. The number of anilines is 1. The molecule has 0 aliphatic carbocycles. The van der Waals surface area contributed by atoms with Gasteiger partial charge in [0.05, 0.1) is 12.0 Å². The predicted molar refractivity (Wildman–Crippen MR) is 104 cm³/mol. The fourth-order valence-corrected chi connectivity index (χ4v) is 3.68. The van der Waals surface area contributed by atoms with Crippen LogP contribution in [-0.2, 0) is 0 Å². The van der Waals surface area contributed by atoms with Crippen molar-refractivity contribution < 1.29 is 4.74 Å². The second-order valence-corrected chi connectivity index (χ2v) is 7.66. The summed E-state index contributed by atoms with van der Waals surface area (Å²) < 4.78 is 5.70. The zero-order chi connectivity index (χ0) is 16.9. The quantitative estimate of drug-likeness (QED) is 0.345. The van der Waals surface area contributed by atoms with Crippen molar-refractivity contribution in [1.29, 1.82) is 0 Å². The van der Waals surface area contributed by atoms with Crippen LogP contribution in [0, 0.1) is 6.92 Å². The van der Waals surface area contributed by atoms with Gasteiger partial charge >= 0.3 is 0 Å². The Bertz CT molecular complexity index is 821. The third-order valence-electron chi connectivity index (χ3n) is 3.37. The van der Waals surface area contributed by atoms with Gasteiger partial charge in [0, 0.05) is 16.4 Å². The monoisotopic (exact) mass is 379 g/mol. The number of hydrogen-bond donors (Lipinski definition) is 1. The molecule has 126 valence electrons. The Labute approximate surface area is 154 Å². The molecule has 0 aliphatic rings. The van der Waals surface area contributed by atoms with E-state index in [-0.39, 0.29) is 0 Å². The fourth-order valence-electron chi connectivity index (χ4n) is 2.25. The van der Waals surface area contributed by atoms with Gasteiger partial charge in [-0.15, -0.1) is 11.3 Å². The molecule has 0 spiro atoms. The number of nitrogens with one attached hydrogen (secondary N) is 1. The molecule has 0 aliphatic heterocycles. The highest BCUT2D eigenvalue weighted by molar-refractivity contribution is 7.98. The minimum Gasteiger partial charge on any atom is -0.494 e. The highest BCUT2D eigenvalue weighted by atomic mass is 35.5. The largest absolute Gasteiger partial charge is 0.494 e. The van der Waals surface area contributed by atoms with Crippen molar-refractivity contribution >= 4 is 50.7 Å². The van der Waals surface area contributed by atoms with Crippen LogP contribution in [0.1, 0.15) is 11.3 Å². The number of halogens is 1. The summed E-state index contributed by atoms with van der Waals surface area (Å²) in [6.45, 7) is 3.53. The van der Waals surface area contributed by atoms with Crippen LogP contribution in [0.15, 0.2) is 35.5 Å². The maximum absolute atomic E-state index is 5.86. The highest BCUT2D eigenvalue weighted by Gasteiger charge is 2.09. The Kier molecular flexibility index (Phi) is 5.81. The van der Waals surface area contributed by atoms with Crippen LogP contribution in [0.4, 0.5) is 5.82 Å². The van der Waals surface area contributed by atoms with Crippen molar-refractivity contribution in [3.63, 3.8) is 0 Å². The van der Waals surface area contributed by atoms with E-state index in [1.807, 2.05) is 30.5 Å². The zero-order valence-electron chi connectivity index (χ0n) is 13.5. The lowest BCUT2D eigenvalue weighted by atomic mass is 10.3. The van der Waals surface area contributed by atoms with Gasteiger partial charge in [-0.1, -0.05) is 23.4 Å². The predicted octanol–water partition coefficient (Wildman–Crippen LogP) is 5.26. The Morgan fingerprint density at radius 2 is 2.04 bits per heavy atom. The normalized spacial score (nSPS) is 11.0. The molecule has 0 atom stereocenters. The summed E-state index contributed by atoms with van der Waals surface area (Å²) in [4.78, 5) is 11.4. The Hall–Kier alpha value is -1.50. The standard InChI is InChI=1S/C17H18ClN3OS2/c1-11-10-14-15(20-17(23-2)21-16(14)24-11)19-8-3-9-22-13-6-4-12(18)5-7-13/h4-7,10H,3,8-9H2,1-2H3,(H,19,20,21). The average molecular weight is 380 g/mol. The summed E-state index contributed by atoms with van der Waals surface area (Å²) in [5.74, 6) is 1.74. The number of hydrogen-bond acceptors (Lipinski definition) is 6. The molecule has 1 N–H and O–H groups in total. The van der Waals surface area contributed by atoms with Crippen molar-refractivity contribution in [2.24, 2.45) is 0 Å². The minimum absolute atomic E-state index is 0.640. The topological polar surface area (TPSA) is 47.0 Å². The molecule has 24 heavy (non-hydrogen) atoms. The lowest BCUT2D eigenvalue weighted by Gasteiger charge is -2.09. The molecule has 1 aromatic carbocycles. The summed E-state index contributed by atoms with van der Waals surface area (Å²) in [7, 11) is 0. The molecule has 0 radical (unpaired) electrons. The Morgan fingerprint density at radius 1 is 1.25 bits per heavy atom. The van der Waals surface area contributed by atoms with Crippen LogP contribution >= 0.6 is 34.7 Å². The molecule has 4 nitrogen and oxygen atoms in total. The van der Waals surface area contributed by atoms with Gasteiger partial charge in [0.15, 0.2) is 5.16 Å². The van der Waals surface area contributed by atoms with Crippen molar-refractivity contribution in [3.05, 3.63) is 40.2 Å². The molecule has 3 aromatic rings. The number of thiophene rings is 1. The maximum atomic E-state index is 5.86. The van der Waals surface area contributed by atoms with E-state index >= 15 is 0 Å². The smallest absolute Gasteiger partial charge is 0.190 e. The van der Waals surface area contributed by atoms with Crippen LogP contribution in [0.3, 0.4) is 0 Å². The van der Waals surface area contributed by atoms with E-state index in [9.17, 15) is 0 Å². The van der Waals surface area contributed by atoms with E-state index in [1.54, 1.807) is 23.1 Å². The second-order valence-electron chi connectivity index (χ2n) is 5.22. The van der Waals surface area contributed by atoms with E-state index in [0.29, 0.717) is 11.6 Å².